The Morgan fingerprint density at radius 1 is 1.04 bits per heavy atom. The van der Waals surface area contributed by atoms with Crippen LogP contribution in [0, 0.1) is 5.82 Å². The summed E-state index contributed by atoms with van der Waals surface area (Å²) in [6, 6.07) is 15.0. The number of hydrogen-bond donors (Lipinski definition) is 2. The van der Waals surface area contributed by atoms with Crippen molar-refractivity contribution in [1.29, 1.82) is 0 Å². The van der Waals surface area contributed by atoms with Gasteiger partial charge in [0.25, 0.3) is 5.91 Å². The summed E-state index contributed by atoms with van der Waals surface area (Å²) in [5.74, 6) is -0.541. The molecule has 0 aliphatic rings. The van der Waals surface area contributed by atoms with E-state index < -0.39 is 17.6 Å². The van der Waals surface area contributed by atoms with Crippen molar-refractivity contribution in [3.63, 3.8) is 0 Å². The molecule has 2 amide bonds. The van der Waals surface area contributed by atoms with Gasteiger partial charge < -0.3 is 5.32 Å². The van der Waals surface area contributed by atoms with Gasteiger partial charge in [-0.2, -0.15) is 0 Å². The minimum atomic E-state index is -0.457. The topological polar surface area (TPSA) is 84.0 Å². The molecule has 6 nitrogen and oxygen atoms in total. The van der Waals surface area contributed by atoms with E-state index in [-0.39, 0.29) is 12.1 Å². The van der Waals surface area contributed by atoms with Crippen molar-refractivity contribution in [2.24, 2.45) is 0 Å². The highest BCUT2D eigenvalue weighted by Crippen LogP contribution is 2.28. The predicted molar refractivity (Wildman–Crippen MR) is 103 cm³/mol. The molecule has 0 aliphatic carbocycles. The van der Waals surface area contributed by atoms with E-state index in [9.17, 15) is 14.0 Å². The number of thioether (sulfide) groups is 1. The lowest BCUT2D eigenvalue weighted by Gasteiger charge is -2.04. The number of anilines is 1. The summed E-state index contributed by atoms with van der Waals surface area (Å²) in [7, 11) is 0. The maximum atomic E-state index is 12.9. The van der Waals surface area contributed by atoms with E-state index in [0.717, 1.165) is 10.1 Å². The first kappa shape index (κ1) is 19.0. The van der Waals surface area contributed by atoms with Crippen LogP contribution in [-0.2, 0) is 10.5 Å². The fourth-order valence-corrected chi connectivity index (χ4v) is 3.79. The first-order valence-corrected chi connectivity index (χ1v) is 9.74. The quantitative estimate of drug-likeness (QED) is 0.468. The number of carbonyl (C=O) groups is 2. The Morgan fingerprint density at radius 3 is 2.52 bits per heavy atom. The molecule has 2 aromatic carbocycles. The first-order valence-electron chi connectivity index (χ1n) is 7.94. The second kappa shape index (κ2) is 9.24. The second-order valence-corrected chi connectivity index (χ2v) is 7.59. The molecule has 0 atom stereocenters. The zero-order chi connectivity index (χ0) is 19.1. The molecule has 3 aromatic rings. The van der Waals surface area contributed by atoms with Crippen molar-refractivity contribution in [2.75, 3.05) is 11.9 Å². The average molecular weight is 402 g/mol. The number of carbonyl (C=O) groups excluding carboxylic acids is 2. The van der Waals surface area contributed by atoms with Crippen molar-refractivity contribution in [3.05, 3.63) is 71.5 Å². The molecular weight excluding hydrogens is 387 g/mol. The summed E-state index contributed by atoms with van der Waals surface area (Å²) in [4.78, 5) is 23.8. The number of aromatic nitrogens is 2. The Labute approximate surface area is 163 Å². The van der Waals surface area contributed by atoms with E-state index in [1.807, 2.05) is 30.3 Å². The lowest BCUT2D eigenvalue weighted by molar-refractivity contribution is -0.115. The third-order valence-corrected chi connectivity index (χ3v) is 5.42. The van der Waals surface area contributed by atoms with Crippen LogP contribution in [0.1, 0.15) is 15.9 Å². The minimum absolute atomic E-state index is 0.220. The monoisotopic (exact) mass is 402 g/mol. The molecule has 1 aromatic heterocycles. The van der Waals surface area contributed by atoms with Crippen LogP contribution in [0.4, 0.5) is 9.52 Å². The Hall–Kier alpha value is -2.78. The van der Waals surface area contributed by atoms with Crippen LogP contribution in [-0.4, -0.2) is 28.6 Å². The van der Waals surface area contributed by atoms with Crippen molar-refractivity contribution in [1.82, 2.24) is 15.5 Å². The number of rotatable bonds is 7. The number of halogens is 1. The first-order chi connectivity index (χ1) is 13.1. The van der Waals surface area contributed by atoms with Crippen molar-refractivity contribution < 1.29 is 14.0 Å². The number of nitrogens with one attached hydrogen (secondary N) is 2. The van der Waals surface area contributed by atoms with Crippen LogP contribution >= 0.6 is 23.1 Å². The van der Waals surface area contributed by atoms with Gasteiger partial charge in [-0.15, -0.1) is 10.2 Å². The minimum Gasteiger partial charge on any atom is -0.343 e. The van der Waals surface area contributed by atoms with E-state index >= 15 is 0 Å². The molecule has 0 saturated heterocycles. The Bertz CT molecular complexity index is 917. The Kier molecular flexibility index (Phi) is 6.50. The maximum absolute atomic E-state index is 12.9. The predicted octanol–water partition coefficient (Wildman–Crippen LogP) is 3.34. The lowest BCUT2D eigenvalue weighted by Crippen LogP contribution is -2.32. The third-order valence-electron chi connectivity index (χ3n) is 3.37. The molecule has 27 heavy (non-hydrogen) atoms. The van der Waals surface area contributed by atoms with Crippen LogP contribution in [0.5, 0.6) is 0 Å². The average Bonchev–Trinajstić information content (AvgIpc) is 3.13. The van der Waals surface area contributed by atoms with E-state index in [4.69, 9.17) is 0 Å². The molecule has 2 N–H and O–H groups in total. The molecule has 1 heterocycles. The normalized spacial score (nSPS) is 10.4. The van der Waals surface area contributed by atoms with Gasteiger partial charge >= 0.3 is 0 Å². The van der Waals surface area contributed by atoms with Gasteiger partial charge in [-0.05, 0) is 29.8 Å². The highest BCUT2D eigenvalue weighted by Gasteiger charge is 2.11. The number of hydrogen-bond acceptors (Lipinski definition) is 6. The molecule has 0 radical (unpaired) electrons. The third kappa shape index (κ3) is 5.87. The second-order valence-electron chi connectivity index (χ2n) is 5.39. The zero-order valence-corrected chi connectivity index (χ0v) is 15.6. The van der Waals surface area contributed by atoms with Crippen molar-refractivity contribution in [3.8, 4) is 0 Å². The van der Waals surface area contributed by atoms with Gasteiger partial charge in [0.15, 0.2) is 4.34 Å². The largest absolute Gasteiger partial charge is 0.343 e. The molecule has 0 spiro atoms. The van der Waals surface area contributed by atoms with Crippen LogP contribution in [0.25, 0.3) is 0 Å². The molecule has 0 fully saturated rings. The Balaban J connectivity index is 1.45. The molecule has 0 unspecified atom stereocenters. The van der Waals surface area contributed by atoms with Gasteiger partial charge in [0.2, 0.25) is 11.0 Å². The molecule has 0 saturated carbocycles. The summed E-state index contributed by atoms with van der Waals surface area (Å²) in [6.45, 7) is -0.220. The summed E-state index contributed by atoms with van der Waals surface area (Å²) >= 11 is 2.80. The Morgan fingerprint density at radius 2 is 1.78 bits per heavy atom. The fraction of sp³-hybridized carbons (Fsp3) is 0.111. The number of amides is 2. The van der Waals surface area contributed by atoms with E-state index in [2.05, 4.69) is 20.8 Å². The van der Waals surface area contributed by atoms with Gasteiger partial charge in [-0.1, -0.05) is 53.4 Å². The van der Waals surface area contributed by atoms with E-state index in [0.29, 0.717) is 5.13 Å². The molecule has 0 aliphatic heterocycles. The summed E-state index contributed by atoms with van der Waals surface area (Å²) in [6.07, 6.45) is 0. The highest BCUT2D eigenvalue weighted by atomic mass is 32.2. The summed E-state index contributed by atoms with van der Waals surface area (Å²) < 4.78 is 13.6. The van der Waals surface area contributed by atoms with Crippen LogP contribution in [0.2, 0.25) is 0 Å². The van der Waals surface area contributed by atoms with Crippen LogP contribution in [0.3, 0.4) is 0 Å². The molecule has 0 bridgehead atoms. The standard InChI is InChI=1S/C18H15FN4O2S2/c19-14-8-6-13(7-9-14)16(25)20-10-15(24)21-17-22-23-18(27-17)26-11-12-4-2-1-3-5-12/h1-9H,10-11H2,(H,20,25)(H,21,22,24). The maximum Gasteiger partial charge on any atom is 0.251 e. The van der Waals surface area contributed by atoms with Crippen LogP contribution < -0.4 is 10.6 Å². The van der Waals surface area contributed by atoms with Gasteiger partial charge in [0.05, 0.1) is 6.54 Å². The zero-order valence-electron chi connectivity index (χ0n) is 14.0. The molecular formula is C18H15FN4O2S2. The van der Waals surface area contributed by atoms with E-state index in [1.54, 1.807) is 0 Å². The van der Waals surface area contributed by atoms with Gasteiger partial charge in [0, 0.05) is 11.3 Å². The van der Waals surface area contributed by atoms with Crippen molar-refractivity contribution >= 4 is 40.0 Å². The summed E-state index contributed by atoms with van der Waals surface area (Å²) in [5, 5.41) is 13.4. The number of nitrogens with zero attached hydrogens (tertiary/aromatic N) is 2. The SMILES string of the molecule is O=C(CNC(=O)c1ccc(F)cc1)Nc1nnc(SCc2ccccc2)s1. The number of benzene rings is 2. The van der Waals surface area contributed by atoms with Gasteiger partial charge in [0.1, 0.15) is 5.82 Å². The molecule has 3 rings (SSSR count). The molecule has 138 valence electrons. The van der Waals surface area contributed by atoms with Gasteiger partial charge in [-0.3, -0.25) is 14.9 Å². The summed E-state index contributed by atoms with van der Waals surface area (Å²) in [5.41, 5.74) is 1.45. The fourth-order valence-electron chi connectivity index (χ4n) is 2.07. The van der Waals surface area contributed by atoms with Crippen molar-refractivity contribution in [2.45, 2.75) is 10.1 Å². The van der Waals surface area contributed by atoms with E-state index in [1.165, 1.54) is 52.9 Å². The van der Waals surface area contributed by atoms with Crippen LogP contribution in [0.15, 0.2) is 58.9 Å². The smallest absolute Gasteiger partial charge is 0.251 e. The lowest BCUT2D eigenvalue weighted by atomic mass is 10.2. The highest BCUT2D eigenvalue weighted by molar-refractivity contribution is 8.00. The molecule has 9 heteroatoms. The van der Waals surface area contributed by atoms with Gasteiger partial charge in [-0.25, -0.2) is 4.39 Å².